The number of rotatable bonds is 7. The third-order valence-corrected chi connectivity index (χ3v) is 4.59. The van der Waals surface area contributed by atoms with Crippen LogP contribution in [0.1, 0.15) is 24.0 Å². The third-order valence-electron chi connectivity index (χ3n) is 4.59. The molecule has 0 aliphatic rings. The van der Waals surface area contributed by atoms with Gasteiger partial charge in [0.15, 0.2) is 5.82 Å². The average Bonchev–Trinajstić information content (AvgIpc) is 3.32. The van der Waals surface area contributed by atoms with E-state index in [1.165, 1.54) is 5.56 Å². The standard InChI is InChI=1S/C21H23N5O2/c1-14-8-9-20-23-16(12-26(20)11-14)13-27-18-7-5-4-6-17(18)21-24-19(25-28-21)10-15(2)22-3/h4-9,11-12,15,22H,10,13H2,1-3H3. The van der Waals surface area contributed by atoms with Crippen LogP contribution in [0.25, 0.3) is 17.1 Å². The highest BCUT2D eigenvalue weighted by atomic mass is 16.5. The Kier molecular flexibility index (Phi) is 5.08. The molecule has 4 aromatic rings. The Morgan fingerprint density at radius 1 is 1.14 bits per heavy atom. The van der Waals surface area contributed by atoms with Crippen molar-refractivity contribution in [3.63, 3.8) is 0 Å². The van der Waals surface area contributed by atoms with Crippen LogP contribution >= 0.6 is 0 Å². The van der Waals surface area contributed by atoms with Crippen LogP contribution in [0, 0.1) is 6.92 Å². The number of pyridine rings is 1. The number of imidazole rings is 1. The molecule has 1 aromatic carbocycles. The highest BCUT2D eigenvalue weighted by Gasteiger charge is 2.15. The number of ether oxygens (including phenoxy) is 1. The van der Waals surface area contributed by atoms with Crippen LogP contribution in [0.3, 0.4) is 0 Å². The molecule has 1 atom stereocenters. The fourth-order valence-electron chi connectivity index (χ4n) is 2.97. The van der Waals surface area contributed by atoms with E-state index in [4.69, 9.17) is 9.26 Å². The minimum atomic E-state index is 0.274. The SMILES string of the molecule is CNC(C)Cc1noc(-c2ccccc2OCc2cn3cc(C)ccc3n2)n1. The van der Waals surface area contributed by atoms with Gasteiger partial charge in [-0.1, -0.05) is 23.4 Å². The summed E-state index contributed by atoms with van der Waals surface area (Å²) >= 11 is 0. The van der Waals surface area contributed by atoms with Gasteiger partial charge >= 0.3 is 0 Å². The normalized spacial score (nSPS) is 12.4. The number of hydrogen-bond donors (Lipinski definition) is 1. The first-order valence-electron chi connectivity index (χ1n) is 9.28. The summed E-state index contributed by atoms with van der Waals surface area (Å²) in [4.78, 5) is 9.11. The van der Waals surface area contributed by atoms with E-state index in [0.717, 1.165) is 16.9 Å². The highest BCUT2D eigenvalue weighted by Crippen LogP contribution is 2.29. The summed E-state index contributed by atoms with van der Waals surface area (Å²) < 4.78 is 13.5. The lowest BCUT2D eigenvalue weighted by Crippen LogP contribution is -2.24. The number of hydrogen-bond acceptors (Lipinski definition) is 6. The molecule has 3 heterocycles. The molecule has 1 unspecified atom stereocenters. The van der Waals surface area contributed by atoms with E-state index in [0.29, 0.717) is 30.5 Å². The number of nitrogens with zero attached hydrogens (tertiary/aromatic N) is 4. The molecule has 0 saturated carbocycles. The van der Waals surface area contributed by atoms with Crippen molar-refractivity contribution in [3.05, 3.63) is 65.9 Å². The predicted molar refractivity (Wildman–Crippen MR) is 106 cm³/mol. The topological polar surface area (TPSA) is 77.5 Å². The maximum absolute atomic E-state index is 6.03. The van der Waals surface area contributed by atoms with E-state index < -0.39 is 0 Å². The molecule has 0 spiro atoms. The largest absolute Gasteiger partial charge is 0.486 e. The first-order chi connectivity index (χ1) is 13.6. The number of benzene rings is 1. The summed E-state index contributed by atoms with van der Waals surface area (Å²) in [5.41, 5.74) is 3.72. The molecule has 0 radical (unpaired) electrons. The van der Waals surface area contributed by atoms with Gasteiger partial charge in [-0.3, -0.25) is 0 Å². The number of nitrogens with one attached hydrogen (secondary N) is 1. The van der Waals surface area contributed by atoms with Crippen LogP contribution in [-0.2, 0) is 13.0 Å². The van der Waals surface area contributed by atoms with Crippen molar-refractivity contribution >= 4 is 5.65 Å². The third kappa shape index (κ3) is 3.89. The van der Waals surface area contributed by atoms with E-state index in [9.17, 15) is 0 Å². The Bertz CT molecular complexity index is 1090. The van der Waals surface area contributed by atoms with E-state index >= 15 is 0 Å². The van der Waals surface area contributed by atoms with Gasteiger partial charge in [0.2, 0.25) is 0 Å². The van der Waals surface area contributed by atoms with Crippen molar-refractivity contribution in [2.45, 2.75) is 32.9 Å². The molecule has 3 aromatic heterocycles. The molecular weight excluding hydrogens is 354 g/mol. The van der Waals surface area contributed by atoms with E-state index in [-0.39, 0.29) is 6.04 Å². The maximum Gasteiger partial charge on any atom is 0.261 e. The molecule has 144 valence electrons. The predicted octanol–water partition coefficient (Wildman–Crippen LogP) is 3.42. The molecule has 0 fully saturated rings. The number of aromatic nitrogens is 4. The van der Waals surface area contributed by atoms with Crippen LogP contribution in [0.4, 0.5) is 0 Å². The van der Waals surface area contributed by atoms with E-state index in [2.05, 4.69) is 34.3 Å². The van der Waals surface area contributed by atoms with Gasteiger partial charge in [-0.05, 0) is 44.7 Å². The van der Waals surface area contributed by atoms with Crippen molar-refractivity contribution in [3.8, 4) is 17.2 Å². The van der Waals surface area contributed by atoms with Gasteiger partial charge < -0.3 is 19.0 Å². The fraction of sp³-hybridized carbons (Fsp3) is 0.286. The molecule has 7 heteroatoms. The van der Waals surface area contributed by atoms with Crippen LogP contribution in [0.5, 0.6) is 5.75 Å². The zero-order chi connectivity index (χ0) is 19.5. The van der Waals surface area contributed by atoms with Gasteiger partial charge in [0.1, 0.15) is 18.0 Å². The fourth-order valence-corrected chi connectivity index (χ4v) is 2.97. The second-order valence-electron chi connectivity index (χ2n) is 6.90. The Morgan fingerprint density at radius 2 is 2.00 bits per heavy atom. The van der Waals surface area contributed by atoms with Gasteiger partial charge in [-0.15, -0.1) is 0 Å². The van der Waals surface area contributed by atoms with Crippen molar-refractivity contribution in [1.29, 1.82) is 0 Å². The van der Waals surface area contributed by atoms with E-state index in [1.54, 1.807) is 0 Å². The van der Waals surface area contributed by atoms with Crippen molar-refractivity contribution in [1.82, 2.24) is 24.8 Å². The number of likely N-dealkylation sites (N-methyl/N-ethyl adjacent to an activating group) is 1. The lowest BCUT2D eigenvalue weighted by Gasteiger charge is -2.07. The number of fused-ring (bicyclic) bond motifs is 1. The van der Waals surface area contributed by atoms with Crippen LogP contribution in [0.2, 0.25) is 0 Å². The number of para-hydroxylation sites is 1. The summed E-state index contributed by atoms with van der Waals surface area (Å²) in [6.07, 6.45) is 4.73. The van der Waals surface area contributed by atoms with E-state index in [1.807, 2.05) is 60.2 Å². The van der Waals surface area contributed by atoms with Crippen molar-refractivity contribution in [2.75, 3.05) is 7.05 Å². The summed E-state index contributed by atoms with van der Waals surface area (Å²) in [7, 11) is 1.91. The molecule has 7 nitrogen and oxygen atoms in total. The summed E-state index contributed by atoms with van der Waals surface area (Å²) in [5, 5.41) is 7.25. The molecule has 1 N–H and O–H groups in total. The van der Waals surface area contributed by atoms with Crippen LogP contribution in [0.15, 0.2) is 53.3 Å². The maximum atomic E-state index is 6.03. The molecule has 28 heavy (non-hydrogen) atoms. The first kappa shape index (κ1) is 18.2. The first-order valence-corrected chi connectivity index (χ1v) is 9.28. The Hall–Kier alpha value is -3.19. The van der Waals surface area contributed by atoms with Gasteiger partial charge in [-0.25, -0.2) is 4.98 Å². The Morgan fingerprint density at radius 3 is 2.86 bits per heavy atom. The molecule has 4 rings (SSSR count). The lowest BCUT2D eigenvalue weighted by atomic mass is 10.2. The van der Waals surface area contributed by atoms with Crippen molar-refractivity contribution in [2.24, 2.45) is 0 Å². The van der Waals surface area contributed by atoms with Gasteiger partial charge in [0.05, 0.1) is 11.3 Å². The smallest absolute Gasteiger partial charge is 0.261 e. The number of aryl methyl sites for hydroxylation is 1. The minimum absolute atomic E-state index is 0.274. The van der Waals surface area contributed by atoms with Gasteiger partial charge in [0, 0.05) is 24.9 Å². The van der Waals surface area contributed by atoms with Crippen LogP contribution in [-0.4, -0.2) is 32.6 Å². The second kappa shape index (κ2) is 7.82. The molecule has 0 aliphatic carbocycles. The highest BCUT2D eigenvalue weighted by molar-refractivity contribution is 5.62. The summed E-state index contributed by atoms with van der Waals surface area (Å²) in [6, 6.07) is 12.0. The minimum Gasteiger partial charge on any atom is -0.486 e. The van der Waals surface area contributed by atoms with Gasteiger partial charge in [0.25, 0.3) is 5.89 Å². The average molecular weight is 377 g/mol. The monoisotopic (exact) mass is 377 g/mol. The summed E-state index contributed by atoms with van der Waals surface area (Å²) in [6.45, 7) is 4.49. The molecule has 0 saturated heterocycles. The molecule has 0 amide bonds. The molecule has 0 bridgehead atoms. The summed E-state index contributed by atoms with van der Waals surface area (Å²) in [5.74, 6) is 1.81. The zero-order valence-electron chi connectivity index (χ0n) is 16.2. The Balaban J connectivity index is 1.52. The molecular formula is C21H23N5O2. The quantitative estimate of drug-likeness (QED) is 0.532. The Labute approximate surface area is 163 Å². The zero-order valence-corrected chi connectivity index (χ0v) is 16.2. The van der Waals surface area contributed by atoms with Gasteiger partial charge in [-0.2, -0.15) is 4.98 Å². The van der Waals surface area contributed by atoms with Crippen molar-refractivity contribution < 1.29 is 9.26 Å². The lowest BCUT2D eigenvalue weighted by molar-refractivity contribution is 0.301. The molecule has 0 aliphatic heterocycles. The van der Waals surface area contributed by atoms with Crippen LogP contribution < -0.4 is 10.1 Å². The second-order valence-corrected chi connectivity index (χ2v) is 6.90.